The second-order valence-corrected chi connectivity index (χ2v) is 4.47. The van der Waals surface area contributed by atoms with Crippen molar-refractivity contribution in [3.05, 3.63) is 35.4 Å². The van der Waals surface area contributed by atoms with Crippen LogP contribution in [0, 0.1) is 0 Å². The van der Waals surface area contributed by atoms with Gasteiger partial charge in [0.15, 0.2) is 0 Å². The van der Waals surface area contributed by atoms with Crippen molar-refractivity contribution in [3.63, 3.8) is 0 Å². The van der Waals surface area contributed by atoms with Gasteiger partial charge >= 0.3 is 0 Å². The Morgan fingerprint density at radius 2 is 1.88 bits per heavy atom. The van der Waals surface area contributed by atoms with Crippen LogP contribution < -0.4 is 0 Å². The van der Waals surface area contributed by atoms with Gasteiger partial charge in [-0.05, 0) is 31.4 Å². The van der Waals surface area contributed by atoms with Crippen molar-refractivity contribution < 1.29 is 9.84 Å². The molecule has 0 radical (unpaired) electrons. The van der Waals surface area contributed by atoms with Crippen molar-refractivity contribution in [2.75, 3.05) is 7.11 Å². The molecule has 16 heavy (non-hydrogen) atoms. The average molecular weight is 222 g/mol. The molecule has 0 aliphatic rings. The van der Waals surface area contributed by atoms with E-state index in [9.17, 15) is 5.11 Å². The van der Waals surface area contributed by atoms with Crippen LogP contribution in [0.5, 0.6) is 0 Å². The lowest BCUT2D eigenvalue weighted by molar-refractivity contribution is -0.0772. The second kappa shape index (κ2) is 5.46. The van der Waals surface area contributed by atoms with E-state index in [1.54, 1.807) is 14.0 Å². The number of ether oxygens (including phenoxy) is 1. The molecule has 1 rings (SSSR count). The molecule has 0 aliphatic carbocycles. The van der Waals surface area contributed by atoms with E-state index in [4.69, 9.17) is 4.74 Å². The van der Waals surface area contributed by atoms with Gasteiger partial charge in [0, 0.05) is 7.11 Å². The summed E-state index contributed by atoms with van der Waals surface area (Å²) in [5.74, 6) is 0. The van der Waals surface area contributed by atoms with Crippen LogP contribution in [0.1, 0.15) is 38.3 Å². The van der Waals surface area contributed by atoms with Crippen LogP contribution >= 0.6 is 0 Å². The number of aliphatic hydroxyl groups is 1. The minimum absolute atomic E-state index is 0.218. The predicted molar refractivity (Wildman–Crippen MR) is 66.5 cm³/mol. The van der Waals surface area contributed by atoms with E-state index < -0.39 is 5.60 Å². The monoisotopic (exact) mass is 222 g/mol. The van der Waals surface area contributed by atoms with Crippen LogP contribution in [0.15, 0.2) is 24.3 Å². The van der Waals surface area contributed by atoms with Gasteiger partial charge in [-0.25, -0.2) is 0 Å². The smallest absolute Gasteiger partial charge is 0.113 e. The van der Waals surface area contributed by atoms with E-state index in [0.29, 0.717) is 0 Å². The molecule has 0 aliphatic heterocycles. The molecule has 1 N–H and O–H groups in total. The summed E-state index contributed by atoms with van der Waals surface area (Å²) in [7, 11) is 1.62. The molecule has 0 amide bonds. The Balaban J connectivity index is 2.88. The molecule has 0 saturated carbocycles. The van der Waals surface area contributed by atoms with Gasteiger partial charge in [-0.2, -0.15) is 0 Å². The maximum absolute atomic E-state index is 10.4. The number of methoxy groups -OCH3 is 1. The Kier molecular flexibility index (Phi) is 4.51. The zero-order chi connectivity index (χ0) is 12.2. The Morgan fingerprint density at radius 1 is 1.31 bits per heavy atom. The van der Waals surface area contributed by atoms with Crippen molar-refractivity contribution in [2.24, 2.45) is 0 Å². The minimum Gasteiger partial charge on any atom is -0.383 e. The summed E-state index contributed by atoms with van der Waals surface area (Å²) in [4.78, 5) is 0. The molecular formula is C14H22O2. The van der Waals surface area contributed by atoms with Crippen LogP contribution in [0.4, 0.5) is 0 Å². The normalized spacial score (nSPS) is 16.8. The molecule has 0 aromatic heterocycles. The molecule has 90 valence electrons. The first-order valence-corrected chi connectivity index (χ1v) is 5.87. The lowest BCUT2D eigenvalue weighted by Gasteiger charge is -2.29. The highest BCUT2D eigenvalue weighted by molar-refractivity contribution is 5.27. The quantitative estimate of drug-likeness (QED) is 0.830. The van der Waals surface area contributed by atoms with Gasteiger partial charge in [0.25, 0.3) is 0 Å². The molecule has 2 atom stereocenters. The SMILES string of the molecule is CCCc1ccc(C(C)(O)C(C)OC)cc1. The molecule has 0 heterocycles. The molecule has 0 saturated heterocycles. The molecule has 1 aromatic rings. The van der Waals surface area contributed by atoms with Gasteiger partial charge in [-0.3, -0.25) is 0 Å². The maximum atomic E-state index is 10.4. The highest BCUT2D eigenvalue weighted by Crippen LogP contribution is 2.26. The van der Waals surface area contributed by atoms with Gasteiger partial charge < -0.3 is 9.84 Å². The fourth-order valence-electron chi connectivity index (χ4n) is 1.76. The number of hydrogen-bond acceptors (Lipinski definition) is 2. The van der Waals surface area contributed by atoms with Crippen LogP contribution in [0.25, 0.3) is 0 Å². The largest absolute Gasteiger partial charge is 0.383 e. The molecule has 2 nitrogen and oxygen atoms in total. The van der Waals surface area contributed by atoms with Crippen molar-refractivity contribution in [1.29, 1.82) is 0 Å². The van der Waals surface area contributed by atoms with E-state index in [-0.39, 0.29) is 6.10 Å². The third kappa shape index (κ3) is 2.83. The topological polar surface area (TPSA) is 29.5 Å². The van der Waals surface area contributed by atoms with E-state index in [2.05, 4.69) is 19.1 Å². The highest BCUT2D eigenvalue weighted by atomic mass is 16.5. The molecular weight excluding hydrogens is 200 g/mol. The van der Waals surface area contributed by atoms with Gasteiger partial charge in [0.2, 0.25) is 0 Å². The summed E-state index contributed by atoms with van der Waals surface area (Å²) in [5.41, 5.74) is 1.29. The lowest BCUT2D eigenvalue weighted by Crippen LogP contribution is -2.35. The van der Waals surface area contributed by atoms with Gasteiger partial charge in [-0.15, -0.1) is 0 Å². The van der Waals surface area contributed by atoms with E-state index in [0.717, 1.165) is 18.4 Å². The van der Waals surface area contributed by atoms with Crippen LogP contribution in [0.2, 0.25) is 0 Å². The highest BCUT2D eigenvalue weighted by Gasteiger charge is 2.30. The maximum Gasteiger partial charge on any atom is 0.113 e. The zero-order valence-electron chi connectivity index (χ0n) is 10.7. The van der Waals surface area contributed by atoms with Crippen LogP contribution in [-0.4, -0.2) is 18.3 Å². The summed E-state index contributed by atoms with van der Waals surface area (Å²) in [6, 6.07) is 8.13. The molecule has 0 spiro atoms. The summed E-state index contributed by atoms with van der Waals surface area (Å²) >= 11 is 0. The van der Waals surface area contributed by atoms with Crippen LogP contribution in [-0.2, 0) is 16.8 Å². The first-order valence-electron chi connectivity index (χ1n) is 5.87. The second-order valence-electron chi connectivity index (χ2n) is 4.47. The minimum atomic E-state index is -0.931. The Bertz CT molecular complexity index is 314. The summed E-state index contributed by atoms with van der Waals surface area (Å²) in [6.45, 7) is 5.83. The number of aryl methyl sites for hydroxylation is 1. The zero-order valence-corrected chi connectivity index (χ0v) is 10.7. The average Bonchev–Trinajstić information content (AvgIpc) is 2.29. The Morgan fingerprint density at radius 3 is 2.31 bits per heavy atom. The van der Waals surface area contributed by atoms with Crippen molar-refractivity contribution in [2.45, 2.75) is 45.3 Å². The summed E-state index contributed by atoms with van der Waals surface area (Å²) in [6.07, 6.45) is 2.01. The summed E-state index contributed by atoms with van der Waals surface area (Å²) < 4.78 is 5.20. The molecule has 1 aromatic carbocycles. The molecule has 2 unspecified atom stereocenters. The summed E-state index contributed by atoms with van der Waals surface area (Å²) in [5, 5.41) is 10.4. The molecule has 0 fully saturated rings. The van der Waals surface area contributed by atoms with E-state index in [1.165, 1.54) is 5.56 Å². The van der Waals surface area contributed by atoms with E-state index in [1.807, 2.05) is 19.1 Å². The van der Waals surface area contributed by atoms with Gasteiger partial charge in [0.1, 0.15) is 5.60 Å². The molecule has 0 bridgehead atoms. The fourth-order valence-corrected chi connectivity index (χ4v) is 1.76. The van der Waals surface area contributed by atoms with E-state index >= 15 is 0 Å². The first-order chi connectivity index (χ1) is 7.52. The van der Waals surface area contributed by atoms with Crippen molar-refractivity contribution in [1.82, 2.24) is 0 Å². The first kappa shape index (κ1) is 13.2. The fraction of sp³-hybridized carbons (Fsp3) is 0.571. The predicted octanol–water partition coefficient (Wildman–Crippen LogP) is 2.88. The van der Waals surface area contributed by atoms with Gasteiger partial charge in [-0.1, -0.05) is 37.6 Å². The third-order valence-corrected chi connectivity index (χ3v) is 3.22. The Hall–Kier alpha value is -0.860. The standard InChI is InChI=1S/C14H22O2/c1-5-6-12-7-9-13(10-8-12)14(3,15)11(2)16-4/h7-11,15H,5-6H2,1-4H3. The lowest BCUT2D eigenvalue weighted by atomic mass is 9.90. The van der Waals surface area contributed by atoms with Crippen molar-refractivity contribution >= 4 is 0 Å². The van der Waals surface area contributed by atoms with Crippen LogP contribution in [0.3, 0.4) is 0 Å². The number of benzene rings is 1. The van der Waals surface area contributed by atoms with Crippen molar-refractivity contribution in [3.8, 4) is 0 Å². The molecule has 2 heteroatoms. The number of hydrogen-bond donors (Lipinski definition) is 1. The Labute approximate surface area is 98.3 Å². The number of rotatable bonds is 5. The third-order valence-electron chi connectivity index (χ3n) is 3.22. The van der Waals surface area contributed by atoms with Gasteiger partial charge in [0.05, 0.1) is 6.10 Å².